The van der Waals surface area contributed by atoms with Gasteiger partial charge in [0.15, 0.2) is 0 Å². The first-order valence-electron chi connectivity index (χ1n) is 4.17. The van der Waals surface area contributed by atoms with Crippen LogP contribution in [0.3, 0.4) is 0 Å². The zero-order valence-electron chi connectivity index (χ0n) is 7.21. The molecule has 1 radical (unpaired) electrons. The topological polar surface area (TPSA) is 47.6 Å². The molecule has 1 unspecified atom stereocenters. The van der Waals surface area contributed by atoms with Crippen molar-refractivity contribution in [3.63, 3.8) is 0 Å². The fourth-order valence-electron chi connectivity index (χ4n) is 1.03. The van der Waals surface area contributed by atoms with Crippen LogP contribution in [0.15, 0.2) is 0 Å². The van der Waals surface area contributed by atoms with E-state index in [9.17, 15) is 4.79 Å². The van der Waals surface area contributed by atoms with Gasteiger partial charge in [0.05, 0.1) is 19.3 Å². The molecule has 69 valence electrons. The maximum atomic E-state index is 10.9. The number of nitrogens with one attached hydrogen (secondary N) is 1. The molecule has 0 aromatic heterocycles. The van der Waals surface area contributed by atoms with Gasteiger partial charge in [-0.3, -0.25) is 4.79 Å². The standard InChI is InChI=1S/C8H14NO3/c1-2-11-8(10)5-7-6-9-3-4-12-7/h5,7,9H,2-4,6H2,1H3. The third-order valence-electron chi connectivity index (χ3n) is 1.56. The number of rotatable bonds is 3. The summed E-state index contributed by atoms with van der Waals surface area (Å²) in [5.41, 5.74) is 0. The van der Waals surface area contributed by atoms with E-state index >= 15 is 0 Å². The Labute approximate surface area is 72.2 Å². The van der Waals surface area contributed by atoms with E-state index in [-0.39, 0.29) is 12.1 Å². The van der Waals surface area contributed by atoms with Crippen molar-refractivity contribution in [1.82, 2.24) is 5.32 Å². The summed E-state index contributed by atoms with van der Waals surface area (Å²) >= 11 is 0. The first-order valence-corrected chi connectivity index (χ1v) is 4.17. The molecule has 12 heavy (non-hydrogen) atoms. The highest BCUT2D eigenvalue weighted by molar-refractivity contribution is 5.79. The summed E-state index contributed by atoms with van der Waals surface area (Å²) in [7, 11) is 0. The maximum Gasteiger partial charge on any atom is 0.312 e. The summed E-state index contributed by atoms with van der Waals surface area (Å²) in [6, 6.07) is 0. The lowest BCUT2D eigenvalue weighted by Crippen LogP contribution is -2.40. The Balaban J connectivity index is 2.15. The van der Waals surface area contributed by atoms with E-state index < -0.39 is 0 Å². The Kier molecular flexibility index (Phi) is 4.04. The number of hydrogen-bond donors (Lipinski definition) is 1. The molecule has 4 heteroatoms. The molecular formula is C8H14NO3. The quantitative estimate of drug-likeness (QED) is 0.596. The summed E-state index contributed by atoms with van der Waals surface area (Å²) in [6.07, 6.45) is 1.34. The zero-order valence-corrected chi connectivity index (χ0v) is 7.21. The van der Waals surface area contributed by atoms with E-state index in [2.05, 4.69) is 5.32 Å². The van der Waals surface area contributed by atoms with Crippen molar-refractivity contribution in [2.45, 2.75) is 13.0 Å². The van der Waals surface area contributed by atoms with Crippen molar-refractivity contribution in [2.24, 2.45) is 0 Å². The minimum Gasteiger partial charge on any atom is -0.466 e. The highest BCUT2D eigenvalue weighted by Gasteiger charge is 2.18. The Morgan fingerprint density at radius 1 is 1.83 bits per heavy atom. The summed E-state index contributed by atoms with van der Waals surface area (Å²) in [4.78, 5) is 10.9. The minimum atomic E-state index is -0.300. The highest BCUT2D eigenvalue weighted by Crippen LogP contribution is 2.01. The van der Waals surface area contributed by atoms with E-state index in [0.29, 0.717) is 19.8 Å². The van der Waals surface area contributed by atoms with Gasteiger partial charge in [0.25, 0.3) is 0 Å². The fraction of sp³-hybridized carbons (Fsp3) is 0.750. The van der Waals surface area contributed by atoms with Crippen molar-refractivity contribution >= 4 is 5.97 Å². The Morgan fingerprint density at radius 2 is 2.67 bits per heavy atom. The van der Waals surface area contributed by atoms with Crippen LogP contribution in [0, 0.1) is 6.42 Å². The summed E-state index contributed by atoms with van der Waals surface area (Å²) in [5.74, 6) is -0.300. The number of ether oxygens (including phenoxy) is 2. The van der Waals surface area contributed by atoms with Crippen LogP contribution in [0.1, 0.15) is 6.92 Å². The molecule has 1 aliphatic rings. The van der Waals surface area contributed by atoms with E-state index in [0.717, 1.165) is 6.54 Å². The molecule has 1 atom stereocenters. The summed E-state index contributed by atoms with van der Waals surface area (Å²) in [6.45, 7) is 4.40. The van der Waals surface area contributed by atoms with E-state index in [1.54, 1.807) is 6.92 Å². The lowest BCUT2D eigenvalue weighted by molar-refractivity contribution is -0.140. The predicted molar refractivity (Wildman–Crippen MR) is 43.5 cm³/mol. The Morgan fingerprint density at radius 3 is 3.25 bits per heavy atom. The number of esters is 1. The molecular weight excluding hydrogens is 158 g/mol. The van der Waals surface area contributed by atoms with Crippen LogP contribution < -0.4 is 5.32 Å². The Bertz CT molecular complexity index is 143. The summed E-state index contributed by atoms with van der Waals surface area (Å²) in [5, 5.41) is 3.12. The van der Waals surface area contributed by atoms with Gasteiger partial charge < -0.3 is 14.8 Å². The third-order valence-corrected chi connectivity index (χ3v) is 1.56. The van der Waals surface area contributed by atoms with Gasteiger partial charge in [0, 0.05) is 13.1 Å². The smallest absolute Gasteiger partial charge is 0.312 e. The number of hydrogen-bond acceptors (Lipinski definition) is 4. The normalized spacial score (nSPS) is 23.6. The first-order chi connectivity index (χ1) is 5.83. The van der Waals surface area contributed by atoms with Crippen LogP contribution in [-0.4, -0.2) is 38.4 Å². The molecule has 1 saturated heterocycles. The van der Waals surface area contributed by atoms with Crippen molar-refractivity contribution in [1.29, 1.82) is 0 Å². The molecule has 1 aliphatic heterocycles. The minimum absolute atomic E-state index is 0.127. The van der Waals surface area contributed by atoms with Crippen LogP contribution in [0.5, 0.6) is 0 Å². The largest absolute Gasteiger partial charge is 0.466 e. The monoisotopic (exact) mass is 172 g/mol. The van der Waals surface area contributed by atoms with Crippen LogP contribution in [0.25, 0.3) is 0 Å². The van der Waals surface area contributed by atoms with Gasteiger partial charge in [-0.25, -0.2) is 0 Å². The molecule has 1 rings (SSSR count). The Hall–Kier alpha value is -0.610. The second-order valence-electron chi connectivity index (χ2n) is 2.53. The van der Waals surface area contributed by atoms with Gasteiger partial charge in [-0.1, -0.05) is 0 Å². The van der Waals surface area contributed by atoms with Crippen molar-refractivity contribution in [3.05, 3.63) is 6.42 Å². The molecule has 0 aliphatic carbocycles. The van der Waals surface area contributed by atoms with Crippen LogP contribution in [0.2, 0.25) is 0 Å². The molecule has 4 nitrogen and oxygen atoms in total. The van der Waals surface area contributed by atoms with Crippen molar-refractivity contribution in [2.75, 3.05) is 26.3 Å². The van der Waals surface area contributed by atoms with Crippen LogP contribution in [0.4, 0.5) is 0 Å². The average Bonchev–Trinajstić information content (AvgIpc) is 2.06. The third kappa shape index (κ3) is 3.19. The predicted octanol–water partition coefficient (Wildman–Crippen LogP) is -0.258. The first kappa shape index (κ1) is 9.48. The molecule has 0 saturated carbocycles. The lowest BCUT2D eigenvalue weighted by Gasteiger charge is -2.22. The molecule has 1 fully saturated rings. The zero-order chi connectivity index (χ0) is 8.81. The SMILES string of the molecule is CCOC(=O)[CH]C1CNCCO1. The van der Waals surface area contributed by atoms with Gasteiger partial charge in [0.2, 0.25) is 0 Å². The van der Waals surface area contributed by atoms with Gasteiger partial charge in [-0.2, -0.15) is 0 Å². The van der Waals surface area contributed by atoms with Gasteiger partial charge >= 0.3 is 5.97 Å². The van der Waals surface area contributed by atoms with Gasteiger partial charge in [0.1, 0.15) is 6.42 Å². The molecule has 0 aromatic rings. The van der Waals surface area contributed by atoms with Crippen molar-refractivity contribution in [3.8, 4) is 0 Å². The fourth-order valence-corrected chi connectivity index (χ4v) is 1.03. The molecule has 1 N–H and O–H groups in total. The van der Waals surface area contributed by atoms with E-state index in [1.165, 1.54) is 6.42 Å². The molecule has 1 heterocycles. The molecule has 0 amide bonds. The van der Waals surface area contributed by atoms with E-state index in [4.69, 9.17) is 9.47 Å². The van der Waals surface area contributed by atoms with Crippen LogP contribution in [-0.2, 0) is 14.3 Å². The number of carbonyl (C=O) groups is 1. The number of morpholine rings is 1. The van der Waals surface area contributed by atoms with Crippen LogP contribution >= 0.6 is 0 Å². The molecule has 0 bridgehead atoms. The highest BCUT2D eigenvalue weighted by atomic mass is 16.5. The molecule has 0 spiro atoms. The number of carbonyl (C=O) groups excluding carboxylic acids is 1. The summed E-state index contributed by atoms with van der Waals surface area (Å²) < 4.78 is 10.0. The van der Waals surface area contributed by atoms with Gasteiger partial charge in [-0.15, -0.1) is 0 Å². The second kappa shape index (κ2) is 5.11. The maximum absolute atomic E-state index is 10.9. The lowest BCUT2D eigenvalue weighted by atomic mass is 10.2. The second-order valence-corrected chi connectivity index (χ2v) is 2.53. The average molecular weight is 172 g/mol. The molecule has 0 aromatic carbocycles. The van der Waals surface area contributed by atoms with Gasteiger partial charge in [-0.05, 0) is 6.92 Å². The van der Waals surface area contributed by atoms with E-state index in [1.807, 2.05) is 0 Å². The van der Waals surface area contributed by atoms with Crippen molar-refractivity contribution < 1.29 is 14.3 Å².